The lowest BCUT2D eigenvalue weighted by Gasteiger charge is -2.36. The molecule has 0 spiro atoms. The van der Waals surface area contributed by atoms with Crippen LogP contribution in [-0.4, -0.2) is 36.6 Å². The summed E-state index contributed by atoms with van der Waals surface area (Å²) < 4.78 is 0. The summed E-state index contributed by atoms with van der Waals surface area (Å²) in [4.78, 5) is 2.63. The molecule has 0 atom stereocenters. The van der Waals surface area contributed by atoms with Crippen molar-refractivity contribution in [3.05, 3.63) is 0 Å². The van der Waals surface area contributed by atoms with Crippen LogP contribution in [0.2, 0.25) is 0 Å². The molecule has 1 aliphatic heterocycles. The fourth-order valence-electron chi connectivity index (χ4n) is 3.71. The lowest BCUT2D eigenvalue weighted by molar-refractivity contribution is 0.178. The van der Waals surface area contributed by atoms with E-state index >= 15 is 0 Å². The molecule has 1 N–H and O–H groups in total. The smallest absolute Gasteiger partial charge is 0.00940 e. The van der Waals surface area contributed by atoms with Gasteiger partial charge in [-0.15, -0.1) is 0 Å². The van der Waals surface area contributed by atoms with E-state index in [1.165, 1.54) is 71.0 Å². The molecule has 106 valence electrons. The molecule has 0 unspecified atom stereocenters. The topological polar surface area (TPSA) is 15.3 Å². The Morgan fingerprint density at radius 3 is 2.06 bits per heavy atom. The Labute approximate surface area is 114 Å². The standard InChI is InChI=1S/C16H32N2/c1-3-11-18-12-9-16(10-13-18)17-15-7-5-14(4-2)6-8-15/h14-17H,3-13H2,1-2H3. The van der Waals surface area contributed by atoms with Crippen LogP contribution in [0.5, 0.6) is 0 Å². The number of rotatable bonds is 5. The summed E-state index contributed by atoms with van der Waals surface area (Å²) in [7, 11) is 0. The number of nitrogens with zero attached hydrogens (tertiary/aromatic N) is 1. The Kier molecular flexibility index (Phi) is 5.97. The highest BCUT2D eigenvalue weighted by Gasteiger charge is 2.24. The zero-order valence-corrected chi connectivity index (χ0v) is 12.5. The third-order valence-corrected chi connectivity index (χ3v) is 5.02. The number of hydrogen-bond acceptors (Lipinski definition) is 2. The van der Waals surface area contributed by atoms with E-state index in [2.05, 4.69) is 24.1 Å². The first-order chi connectivity index (χ1) is 8.81. The van der Waals surface area contributed by atoms with E-state index in [1.54, 1.807) is 0 Å². The van der Waals surface area contributed by atoms with E-state index in [0.29, 0.717) is 0 Å². The van der Waals surface area contributed by atoms with Gasteiger partial charge >= 0.3 is 0 Å². The molecule has 2 heteroatoms. The van der Waals surface area contributed by atoms with Crippen LogP contribution in [0.25, 0.3) is 0 Å². The summed E-state index contributed by atoms with van der Waals surface area (Å²) in [6.45, 7) is 8.57. The summed E-state index contributed by atoms with van der Waals surface area (Å²) in [5.41, 5.74) is 0. The van der Waals surface area contributed by atoms with Crippen LogP contribution in [0.4, 0.5) is 0 Å². The Balaban J connectivity index is 1.63. The monoisotopic (exact) mass is 252 g/mol. The minimum absolute atomic E-state index is 0.807. The predicted molar refractivity (Wildman–Crippen MR) is 78.9 cm³/mol. The first-order valence-electron chi connectivity index (χ1n) is 8.30. The van der Waals surface area contributed by atoms with Crippen LogP contribution in [-0.2, 0) is 0 Å². The highest BCUT2D eigenvalue weighted by atomic mass is 15.1. The minimum atomic E-state index is 0.807. The van der Waals surface area contributed by atoms with Gasteiger partial charge in [-0.1, -0.05) is 20.3 Å². The molecule has 0 aromatic rings. The first kappa shape index (κ1) is 14.3. The molecule has 2 fully saturated rings. The molecule has 1 saturated heterocycles. The maximum atomic E-state index is 3.94. The summed E-state index contributed by atoms with van der Waals surface area (Å²) in [6, 6.07) is 1.64. The molecule has 0 amide bonds. The van der Waals surface area contributed by atoms with Crippen molar-refractivity contribution in [1.82, 2.24) is 10.2 Å². The summed E-state index contributed by atoms with van der Waals surface area (Å²) in [6.07, 6.45) is 11.2. The van der Waals surface area contributed by atoms with Crippen LogP contribution < -0.4 is 5.32 Å². The van der Waals surface area contributed by atoms with Crippen LogP contribution in [0.1, 0.15) is 65.2 Å². The van der Waals surface area contributed by atoms with E-state index in [9.17, 15) is 0 Å². The average molecular weight is 252 g/mol. The Morgan fingerprint density at radius 2 is 1.50 bits per heavy atom. The second-order valence-corrected chi connectivity index (χ2v) is 6.41. The Morgan fingerprint density at radius 1 is 0.889 bits per heavy atom. The second-order valence-electron chi connectivity index (χ2n) is 6.41. The maximum Gasteiger partial charge on any atom is 0.00940 e. The third kappa shape index (κ3) is 4.24. The van der Waals surface area contributed by atoms with Gasteiger partial charge in [0.2, 0.25) is 0 Å². The van der Waals surface area contributed by atoms with E-state index in [1.807, 2.05) is 0 Å². The zero-order chi connectivity index (χ0) is 12.8. The minimum Gasteiger partial charge on any atom is -0.311 e. The van der Waals surface area contributed by atoms with Gasteiger partial charge in [-0.2, -0.15) is 0 Å². The number of nitrogens with one attached hydrogen (secondary N) is 1. The van der Waals surface area contributed by atoms with Crippen molar-refractivity contribution in [3.8, 4) is 0 Å². The quantitative estimate of drug-likeness (QED) is 0.806. The molecule has 0 bridgehead atoms. The zero-order valence-electron chi connectivity index (χ0n) is 12.5. The van der Waals surface area contributed by atoms with E-state index < -0.39 is 0 Å². The summed E-state index contributed by atoms with van der Waals surface area (Å²) in [5, 5.41) is 3.94. The lowest BCUT2D eigenvalue weighted by Crippen LogP contribution is -2.47. The van der Waals surface area contributed by atoms with Crippen molar-refractivity contribution in [2.75, 3.05) is 19.6 Å². The van der Waals surface area contributed by atoms with Crippen molar-refractivity contribution in [1.29, 1.82) is 0 Å². The molecule has 2 rings (SSSR count). The van der Waals surface area contributed by atoms with Gasteiger partial charge < -0.3 is 10.2 Å². The van der Waals surface area contributed by atoms with Gasteiger partial charge in [-0.25, -0.2) is 0 Å². The Hall–Kier alpha value is -0.0800. The van der Waals surface area contributed by atoms with Gasteiger partial charge in [0, 0.05) is 12.1 Å². The van der Waals surface area contributed by atoms with Crippen molar-refractivity contribution >= 4 is 0 Å². The van der Waals surface area contributed by atoms with Crippen molar-refractivity contribution in [3.63, 3.8) is 0 Å². The van der Waals surface area contributed by atoms with Gasteiger partial charge in [-0.3, -0.25) is 0 Å². The van der Waals surface area contributed by atoms with Crippen LogP contribution in [0.15, 0.2) is 0 Å². The van der Waals surface area contributed by atoms with Crippen molar-refractivity contribution in [2.24, 2.45) is 5.92 Å². The van der Waals surface area contributed by atoms with E-state index in [4.69, 9.17) is 0 Å². The fraction of sp³-hybridized carbons (Fsp3) is 1.00. The summed E-state index contributed by atoms with van der Waals surface area (Å²) in [5.74, 6) is 1.02. The molecule has 1 aliphatic carbocycles. The fourth-order valence-corrected chi connectivity index (χ4v) is 3.71. The highest BCUT2D eigenvalue weighted by Crippen LogP contribution is 2.27. The van der Waals surface area contributed by atoms with Crippen LogP contribution in [0.3, 0.4) is 0 Å². The number of piperidine rings is 1. The van der Waals surface area contributed by atoms with Crippen LogP contribution in [0, 0.1) is 5.92 Å². The molecule has 0 aromatic heterocycles. The number of hydrogen-bond donors (Lipinski definition) is 1. The van der Waals surface area contributed by atoms with E-state index in [0.717, 1.165) is 18.0 Å². The van der Waals surface area contributed by atoms with Crippen LogP contribution >= 0.6 is 0 Å². The molecule has 2 aliphatic rings. The SMILES string of the molecule is CCCN1CCC(NC2CCC(CC)CC2)CC1. The maximum absolute atomic E-state index is 3.94. The molecule has 0 radical (unpaired) electrons. The lowest BCUT2D eigenvalue weighted by atomic mass is 9.84. The van der Waals surface area contributed by atoms with Gasteiger partial charge in [0.05, 0.1) is 0 Å². The molecular formula is C16H32N2. The molecular weight excluding hydrogens is 220 g/mol. The third-order valence-electron chi connectivity index (χ3n) is 5.02. The molecule has 2 nitrogen and oxygen atoms in total. The predicted octanol–water partition coefficient (Wildman–Crippen LogP) is 3.42. The number of likely N-dealkylation sites (tertiary alicyclic amines) is 1. The molecule has 18 heavy (non-hydrogen) atoms. The largest absolute Gasteiger partial charge is 0.311 e. The van der Waals surface area contributed by atoms with Crippen molar-refractivity contribution in [2.45, 2.75) is 77.3 Å². The molecule has 1 heterocycles. The van der Waals surface area contributed by atoms with Gasteiger partial charge in [0.15, 0.2) is 0 Å². The van der Waals surface area contributed by atoms with Gasteiger partial charge in [0.25, 0.3) is 0 Å². The molecule has 0 aromatic carbocycles. The van der Waals surface area contributed by atoms with Crippen molar-refractivity contribution < 1.29 is 0 Å². The normalized spacial score (nSPS) is 31.7. The molecule has 1 saturated carbocycles. The van der Waals surface area contributed by atoms with E-state index in [-0.39, 0.29) is 0 Å². The second kappa shape index (κ2) is 7.49. The van der Waals surface area contributed by atoms with Gasteiger partial charge in [-0.05, 0) is 70.5 Å². The summed E-state index contributed by atoms with van der Waals surface area (Å²) >= 11 is 0. The Bertz CT molecular complexity index is 213. The highest BCUT2D eigenvalue weighted by molar-refractivity contribution is 4.83. The van der Waals surface area contributed by atoms with Gasteiger partial charge in [0.1, 0.15) is 0 Å². The first-order valence-corrected chi connectivity index (χ1v) is 8.30. The average Bonchev–Trinajstić information content (AvgIpc) is 2.42.